The summed E-state index contributed by atoms with van der Waals surface area (Å²) < 4.78 is 7.75. The van der Waals surface area contributed by atoms with Crippen molar-refractivity contribution in [3.05, 3.63) is 65.1 Å². The lowest BCUT2D eigenvalue weighted by atomic mass is 9.97. The van der Waals surface area contributed by atoms with Crippen LogP contribution in [0.4, 0.5) is 0 Å². The average molecular weight is 405 g/mol. The highest BCUT2D eigenvalue weighted by Crippen LogP contribution is 2.45. The van der Waals surface area contributed by atoms with Crippen molar-refractivity contribution in [1.82, 2.24) is 19.5 Å². The molecule has 6 nitrogen and oxygen atoms in total. The highest BCUT2D eigenvalue weighted by molar-refractivity contribution is 5.49. The minimum absolute atomic E-state index is 0.230. The minimum atomic E-state index is 0.230. The number of benzene rings is 1. The smallest absolute Gasteiger partial charge is 0.161 e. The van der Waals surface area contributed by atoms with Crippen molar-refractivity contribution < 1.29 is 9.84 Å². The van der Waals surface area contributed by atoms with Crippen LogP contribution in [0.5, 0.6) is 11.5 Å². The molecule has 2 aromatic heterocycles. The lowest BCUT2D eigenvalue weighted by Gasteiger charge is -2.36. The zero-order valence-electron chi connectivity index (χ0n) is 17.6. The number of fused-ring (bicyclic) bond motifs is 6. The van der Waals surface area contributed by atoms with Crippen LogP contribution in [-0.2, 0) is 19.4 Å². The van der Waals surface area contributed by atoms with E-state index in [-0.39, 0.29) is 5.75 Å². The summed E-state index contributed by atoms with van der Waals surface area (Å²) in [4.78, 5) is 7.26. The van der Waals surface area contributed by atoms with E-state index in [1.165, 1.54) is 17.7 Å². The largest absolute Gasteiger partial charge is 0.504 e. The number of aromatic nitrogens is 3. The Balaban J connectivity index is 1.49. The third-order valence-corrected chi connectivity index (χ3v) is 6.41. The quantitative estimate of drug-likeness (QED) is 0.626. The summed E-state index contributed by atoms with van der Waals surface area (Å²) in [5, 5.41) is 15.2. The molecule has 0 spiro atoms. The monoisotopic (exact) mass is 404 g/mol. The van der Waals surface area contributed by atoms with Crippen molar-refractivity contribution >= 4 is 5.65 Å². The van der Waals surface area contributed by atoms with Gasteiger partial charge in [-0.3, -0.25) is 4.90 Å². The number of nitrogens with zero attached hydrogens (tertiary/aromatic N) is 4. The molecule has 6 heteroatoms. The number of aromatic hydroxyl groups is 1. The number of rotatable bonds is 6. The molecule has 1 saturated heterocycles. The fourth-order valence-electron chi connectivity index (χ4n) is 5.15. The Bertz CT molecular complexity index is 1120. The van der Waals surface area contributed by atoms with Crippen LogP contribution in [0.25, 0.3) is 5.65 Å². The van der Waals surface area contributed by atoms with E-state index in [1.807, 2.05) is 36.6 Å². The van der Waals surface area contributed by atoms with Crippen molar-refractivity contribution in [1.29, 1.82) is 0 Å². The predicted molar refractivity (Wildman–Crippen MR) is 116 cm³/mol. The summed E-state index contributed by atoms with van der Waals surface area (Å²) in [5.41, 5.74) is 6.59. The molecular weight excluding hydrogens is 376 g/mol. The molecule has 2 aliphatic heterocycles. The molecule has 1 fully saturated rings. The van der Waals surface area contributed by atoms with Crippen LogP contribution in [0.3, 0.4) is 0 Å². The molecule has 2 atom stereocenters. The highest BCUT2D eigenvalue weighted by Gasteiger charge is 2.41. The molecule has 2 aliphatic rings. The van der Waals surface area contributed by atoms with Crippen LogP contribution < -0.4 is 4.74 Å². The van der Waals surface area contributed by atoms with Gasteiger partial charge in [-0.2, -0.15) is 5.10 Å². The van der Waals surface area contributed by atoms with E-state index in [1.54, 1.807) is 0 Å². The van der Waals surface area contributed by atoms with Crippen LogP contribution in [-0.4, -0.2) is 37.3 Å². The third-order valence-electron chi connectivity index (χ3n) is 6.41. The Kier molecular flexibility index (Phi) is 4.74. The molecule has 0 aliphatic carbocycles. The van der Waals surface area contributed by atoms with Gasteiger partial charge < -0.3 is 9.84 Å². The van der Waals surface area contributed by atoms with Gasteiger partial charge in [-0.25, -0.2) is 9.50 Å². The van der Waals surface area contributed by atoms with Crippen molar-refractivity contribution in [3.8, 4) is 11.5 Å². The van der Waals surface area contributed by atoms with Crippen LogP contribution in [0.1, 0.15) is 53.9 Å². The van der Waals surface area contributed by atoms with Gasteiger partial charge in [0.25, 0.3) is 0 Å². The fraction of sp³-hybridized carbons (Fsp3) is 0.417. The van der Waals surface area contributed by atoms with Crippen molar-refractivity contribution in [2.24, 2.45) is 0 Å². The van der Waals surface area contributed by atoms with E-state index in [9.17, 15) is 5.11 Å². The fourth-order valence-corrected chi connectivity index (χ4v) is 5.15. The maximum absolute atomic E-state index is 10.5. The lowest BCUT2D eigenvalue weighted by Crippen LogP contribution is -2.38. The summed E-state index contributed by atoms with van der Waals surface area (Å²) >= 11 is 0. The molecular formula is C24H28N4O2. The molecule has 3 aromatic rings. The molecule has 0 unspecified atom stereocenters. The van der Waals surface area contributed by atoms with E-state index in [0.29, 0.717) is 30.9 Å². The minimum Gasteiger partial charge on any atom is -0.504 e. The van der Waals surface area contributed by atoms with E-state index in [2.05, 4.69) is 33.8 Å². The van der Waals surface area contributed by atoms with Gasteiger partial charge >= 0.3 is 0 Å². The second-order valence-electron chi connectivity index (χ2n) is 8.37. The second kappa shape index (κ2) is 7.43. The van der Waals surface area contributed by atoms with Crippen molar-refractivity contribution in [2.75, 3.05) is 6.61 Å². The van der Waals surface area contributed by atoms with Gasteiger partial charge in [0.2, 0.25) is 0 Å². The number of ether oxygens (including phenoxy) is 1. The Morgan fingerprint density at radius 3 is 2.97 bits per heavy atom. The first-order chi connectivity index (χ1) is 14.6. The lowest BCUT2D eigenvalue weighted by molar-refractivity contribution is 0.165. The van der Waals surface area contributed by atoms with Crippen molar-refractivity contribution in [3.63, 3.8) is 0 Å². The molecule has 2 bridgehead atoms. The summed E-state index contributed by atoms with van der Waals surface area (Å²) in [6, 6.07) is 6.96. The standard InChI is InChI=1S/C24H28N4O2/c1-4-6-17-10-16(11-22(24(17)29)30-5-2)14-27-18-7-8-20(27)19-13-25-23-9-15(3)26-28(23)21(19)12-18/h4,9-11,13,18,20,29H,1,5-8,12,14H2,2-3H3/t18-,20-/m1/s1. The van der Waals surface area contributed by atoms with Gasteiger partial charge in [0.15, 0.2) is 17.1 Å². The Morgan fingerprint density at radius 1 is 1.30 bits per heavy atom. The van der Waals surface area contributed by atoms with Gasteiger partial charge in [-0.1, -0.05) is 12.1 Å². The average Bonchev–Trinajstić information content (AvgIpc) is 3.23. The Hall–Kier alpha value is -2.86. The maximum Gasteiger partial charge on any atom is 0.161 e. The Morgan fingerprint density at radius 2 is 2.17 bits per heavy atom. The summed E-state index contributed by atoms with van der Waals surface area (Å²) in [5.74, 6) is 0.792. The summed E-state index contributed by atoms with van der Waals surface area (Å²) in [6.45, 7) is 9.14. The first-order valence-electron chi connectivity index (χ1n) is 10.8. The number of hydrogen-bond donors (Lipinski definition) is 1. The van der Waals surface area contributed by atoms with Crippen molar-refractivity contribution in [2.45, 2.75) is 58.2 Å². The number of phenolic OH excluding ortho intramolecular Hbond substituents is 1. The van der Waals surface area contributed by atoms with E-state index >= 15 is 0 Å². The topological polar surface area (TPSA) is 62.9 Å². The van der Waals surface area contributed by atoms with E-state index in [4.69, 9.17) is 4.74 Å². The Labute approximate surface area is 176 Å². The van der Waals surface area contributed by atoms with Crippen LogP contribution in [0.15, 0.2) is 37.1 Å². The molecule has 156 valence electrons. The van der Waals surface area contributed by atoms with Gasteiger partial charge in [0.1, 0.15) is 0 Å². The molecule has 30 heavy (non-hydrogen) atoms. The molecule has 1 N–H and O–H groups in total. The highest BCUT2D eigenvalue weighted by atomic mass is 16.5. The zero-order chi connectivity index (χ0) is 20.8. The first kappa shape index (κ1) is 19.1. The molecule has 0 amide bonds. The van der Waals surface area contributed by atoms with Gasteiger partial charge in [-0.05, 0) is 44.7 Å². The first-order valence-corrected chi connectivity index (χ1v) is 10.8. The van der Waals surface area contributed by atoms with E-state index in [0.717, 1.165) is 41.9 Å². The summed E-state index contributed by atoms with van der Waals surface area (Å²) in [6.07, 6.45) is 7.80. The maximum atomic E-state index is 10.5. The normalized spacial score (nSPS) is 20.5. The van der Waals surface area contributed by atoms with Gasteiger partial charge in [0.05, 0.1) is 18.0 Å². The van der Waals surface area contributed by atoms with E-state index < -0.39 is 0 Å². The number of allylic oxidation sites excluding steroid dienone is 1. The predicted octanol–water partition coefficient (Wildman–Crippen LogP) is 4.13. The zero-order valence-corrected chi connectivity index (χ0v) is 17.6. The SMILES string of the molecule is C=CCc1cc(CN2[C@@H]3CC[C@@H]2c2cnc4cc(C)nn4c2C3)cc(OCC)c1O. The number of phenols is 1. The third kappa shape index (κ3) is 3.06. The molecule has 5 rings (SSSR count). The second-order valence-corrected chi connectivity index (χ2v) is 8.37. The van der Waals surface area contributed by atoms with Crippen LogP contribution in [0, 0.1) is 6.92 Å². The molecule has 4 heterocycles. The molecule has 0 radical (unpaired) electrons. The van der Waals surface area contributed by atoms with Crippen LogP contribution in [0.2, 0.25) is 0 Å². The summed E-state index contributed by atoms with van der Waals surface area (Å²) in [7, 11) is 0. The number of hydrogen-bond acceptors (Lipinski definition) is 5. The molecule has 0 saturated carbocycles. The molecule has 1 aromatic carbocycles. The van der Waals surface area contributed by atoms with Crippen LogP contribution >= 0.6 is 0 Å². The van der Waals surface area contributed by atoms with Gasteiger partial charge in [-0.15, -0.1) is 6.58 Å². The number of aryl methyl sites for hydroxylation is 1. The van der Waals surface area contributed by atoms with Gasteiger partial charge in [0, 0.05) is 48.4 Å².